The van der Waals surface area contributed by atoms with E-state index in [4.69, 9.17) is 20.3 Å². The van der Waals surface area contributed by atoms with Crippen LogP contribution in [0.1, 0.15) is 25.8 Å². The van der Waals surface area contributed by atoms with Crippen LogP contribution in [0.4, 0.5) is 5.69 Å². The van der Waals surface area contributed by atoms with Gasteiger partial charge in [-0.1, -0.05) is 12.1 Å². The second-order valence-corrected chi connectivity index (χ2v) is 6.08. The summed E-state index contributed by atoms with van der Waals surface area (Å²) in [6.45, 7) is 3.67. The fourth-order valence-electron chi connectivity index (χ4n) is 2.09. The summed E-state index contributed by atoms with van der Waals surface area (Å²) in [6, 6.07) is 14.8. The number of carbonyl (C=O) groups is 1. The first-order valence-electron chi connectivity index (χ1n) is 7.86. The van der Waals surface area contributed by atoms with E-state index in [0.717, 1.165) is 29.8 Å². The Morgan fingerprint density at radius 1 is 1.04 bits per heavy atom. The number of ether oxygens (including phenoxy) is 2. The first-order chi connectivity index (χ1) is 11.4. The molecule has 0 radical (unpaired) electrons. The highest BCUT2D eigenvalue weighted by molar-refractivity contribution is 5.76. The van der Waals surface area contributed by atoms with Gasteiger partial charge in [0.25, 0.3) is 0 Å². The van der Waals surface area contributed by atoms with Gasteiger partial charge in [-0.05, 0) is 68.7 Å². The number of nitrogen functional groups attached to an aromatic ring is 1. The lowest BCUT2D eigenvalue weighted by molar-refractivity contribution is -0.152. The van der Waals surface area contributed by atoms with Gasteiger partial charge in [0.05, 0.1) is 6.61 Å². The summed E-state index contributed by atoms with van der Waals surface area (Å²) in [6.07, 6.45) is 1.75. The van der Waals surface area contributed by atoms with E-state index >= 15 is 0 Å². The monoisotopic (exact) mass is 329 g/mol. The number of aryl methyl sites for hydroxylation is 1. The predicted molar refractivity (Wildman–Crippen MR) is 93.5 cm³/mol. The molecule has 0 aliphatic rings. The molecule has 0 fully saturated rings. The molecule has 0 aliphatic carbocycles. The van der Waals surface area contributed by atoms with Gasteiger partial charge in [0.2, 0.25) is 0 Å². The molecule has 2 aromatic carbocycles. The average Bonchev–Trinajstić information content (AvgIpc) is 2.54. The van der Waals surface area contributed by atoms with Gasteiger partial charge in [-0.2, -0.15) is 0 Å². The molecule has 2 aromatic rings. The van der Waals surface area contributed by atoms with Gasteiger partial charge in [0.15, 0.2) is 5.60 Å². The van der Waals surface area contributed by atoms with Crippen LogP contribution in [0.25, 0.3) is 0 Å². The maximum Gasteiger partial charge on any atom is 0.347 e. The molecule has 0 heterocycles. The van der Waals surface area contributed by atoms with Crippen LogP contribution in [0.5, 0.6) is 11.5 Å². The van der Waals surface area contributed by atoms with Crippen molar-refractivity contribution in [2.24, 2.45) is 0 Å². The second kappa shape index (κ2) is 7.73. The molecule has 24 heavy (non-hydrogen) atoms. The maximum atomic E-state index is 11.1. The highest BCUT2D eigenvalue weighted by atomic mass is 16.5. The lowest BCUT2D eigenvalue weighted by atomic mass is 10.1. The number of aliphatic carboxylic acids is 1. The number of nitrogens with two attached hydrogens (primary N) is 1. The van der Waals surface area contributed by atoms with Crippen molar-refractivity contribution in [3.8, 4) is 11.5 Å². The largest absolute Gasteiger partial charge is 0.494 e. The Morgan fingerprint density at radius 3 is 2.21 bits per heavy atom. The molecule has 2 rings (SSSR count). The molecule has 0 unspecified atom stereocenters. The molecule has 0 saturated carbocycles. The summed E-state index contributed by atoms with van der Waals surface area (Å²) in [4.78, 5) is 11.1. The van der Waals surface area contributed by atoms with E-state index in [0.29, 0.717) is 12.4 Å². The van der Waals surface area contributed by atoms with Gasteiger partial charge >= 0.3 is 5.97 Å². The highest BCUT2D eigenvalue weighted by Crippen LogP contribution is 2.20. The molecule has 0 aliphatic heterocycles. The average molecular weight is 329 g/mol. The van der Waals surface area contributed by atoms with Crippen LogP contribution in [0.15, 0.2) is 48.5 Å². The van der Waals surface area contributed by atoms with E-state index in [-0.39, 0.29) is 0 Å². The lowest BCUT2D eigenvalue weighted by Gasteiger charge is -2.21. The molecular formula is C19H23NO4. The predicted octanol–water partition coefficient (Wildman–Crippen LogP) is 3.52. The van der Waals surface area contributed by atoms with Crippen LogP contribution in [0.3, 0.4) is 0 Å². The first kappa shape index (κ1) is 17.7. The molecular weight excluding hydrogens is 306 g/mol. The summed E-state index contributed by atoms with van der Waals surface area (Å²) in [5.74, 6) is 0.361. The van der Waals surface area contributed by atoms with Crippen LogP contribution in [0, 0.1) is 0 Å². The normalized spacial score (nSPS) is 11.1. The number of anilines is 1. The van der Waals surface area contributed by atoms with Crippen LogP contribution in [-0.2, 0) is 11.2 Å². The van der Waals surface area contributed by atoms with E-state index in [1.165, 1.54) is 13.8 Å². The molecule has 3 N–H and O–H groups in total. The third kappa shape index (κ3) is 5.19. The topological polar surface area (TPSA) is 81.8 Å². The van der Waals surface area contributed by atoms with E-state index in [1.807, 2.05) is 36.4 Å². The highest BCUT2D eigenvalue weighted by Gasteiger charge is 2.29. The van der Waals surface area contributed by atoms with E-state index < -0.39 is 11.6 Å². The van der Waals surface area contributed by atoms with Crippen molar-refractivity contribution in [2.75, 3.05) is 12.3 Å². The first-order valence-corrected chi connectivity index (χ1v) is 7.86. The molecule has 128 valence electrons. The zero-order valence-corrected chi connectivity index (χ0v) is 14.0. The SMILES string of the molecule is CC(C)(Oc1ccc(CCCOc2ccc(N)cc2)cc1)C(=O)O. The van der Waals surface area contributed by atoms with Gasteiger partial charge in [0, 0.05) is 5.69 Å². The lowest BCUT2D eigenvalue weighted by Crippen LogP contribution is -2.37. The number of rotatable bonds is 8. The summed E-state index contributed by atoms with van der Waals surface area (Å²) in [5, 5.41) is 9.06. The number of carboxylic acids is 1. The Hall–Kier alpha value is -2.69. The Bertz CT molecular complexity index is 663. The molecule has 5 heteroatoms. The zero-order valence-electron chi connectivity index (χ0n) is 14.0. The van der Waals surface area contributed by atoms with Crippen LogP contribution in [0.2, 0.25) is 0 Å². The molecule has 0 saturated heterocycles. The maximum absolute atomic E-state index is 11.1. The van der Waals surface area contributed by atoms with Gasteiger partial charge in [0.1, 0.15) is 11.5 Å². The van der Waals surface area contributed by atoms with E-state index in [2.05, 4.69) is 0 Å². The molecule has 0 spiro atoms. The fraction of sp³-hybridized carbons (Fsp3) is 0.316. The number of carboxylic acid groups (broad SMARTS) is 1. The minimum Gasteiger partial charge on any atom is -0.494 e. The molecule has 0 bridgehead atoms. The summed E-state index contributed by atoms with van der Waals surface area (Å²) >= 11 is 0. The molecule has 0 atom stereocenters. The Kier molecular flexibility index (Phi) is 5.68. The number of hydrogen-bond donors (Lipinski definition) is 2. The minimum atomic E-state index is -1.24. The smallest absolute Gasteiger partial charge is 0.347 e. The van der Waals surface area contributed by atoms with Gasteiger partial charge < -0.3 is 20.3 Å². The second-order valence-electron chi connectivity index (χ2n) is 6.08. The van der Waals surface area contributed by atoms with Crippen molar-refractivity contribution >= 4 is 11.7 Å². The van der Waals surface area contributed by atoms with Crippen molar-refractivity contribution < 1.29 is 19.4 Å². The third-order valence-corrected chi connectivity index (χ3v) is 3.57. The van der Waals surface area contributed by atoms with Crippen LogP contribution in [-0.4, -0.2) is 23.3 Å². The number of hydrogen-bond acceptors (Lipinski definition) is 4. The fourth-order valence-corrected chi connectivity index (χ4v) is 2.09. The Morgan fingerprint density at radius 2 is 1.62 bits per heavy atom. The van der Waals surface area contributed by atoms with Crippen molar-refractivity contribution in [1.82, 2.24) is 0 Å². The Labute approximate surface area is 142 Å². The standard InChI is InChI=1S/C19H23NO4/c1-19(2,18(21)22)24-17-9-5-14(6-10-17)4-3-13-23-16-11-7-15(20)8-12-16/h5-12H,3-4,13,20H2,1-2H3,(H,21,22). The zero-order chi connectivity index (χ0) is 17.6. The van der Waals surface area contributed by atoms with E-state index in [1.54, 1.807) is 12.1 Å². The minimum absolute atomic E-state index is 0.546. The van der Waals surface area contributed by atoms with Gasteiger partial charge in [-0.25, -0.2) is 4.79 Å². The Balaban J connectivity index is 1.77. The number of benzene rings is 2. The molecule has 0 amide bonds. The van der Waals surface area contributed by atoms with Crippen LogP contribution >= 0.6 is 0 Å². The van der Waals surface area contributed by atoms with Crippen molar-refractivity contribution in [3.63, 3.8) is 0 Å². The van der Waals surface area contributed by atoms with E-state index in [9.17, 15) is 4.79 Å². The van der Waals surface area contributed by atoms with Gasteiger partial charge in [-0.3, -0.25) is 0 Å². The van der Waals surface area contributed by atoms with Crippen molar-refractivity contribution in [2.45, 2.75) is 32.3 Å². The molecule has 0 aromatic heterocycles. The van der Waals surface area contributed by atoms with Crippen molar-refractivity contribution in [3.05, 3.63) is 54.1 Å². The van der Waals surface area contributed by atoms with Crippen LogP contribution < -0.4 is 15.2 Å². The summed E-state index contributed by atoms with van der Waals surface area (Å²) in [7, 11) is 0. The van der Waals surface area contributed by atoms with Crippen molar-refractivity contribution in [1.29, 1.82) is 0 Å². The van der Waals surface area contributed by atoms with Gasteiger partial charge in [-0.15, -0.1) is 0 Å². The summed E-state index contributed by atoms with van der Waals surface area (Å²) in [5.41, 5.74) is 6.25. The summed E-state index contributed by atoms with van der Waals surface area (Å²) < 4.78 is 11.1. The third-order valence-electron chi connectivity index (χ3n) is 3.57. The quantitative estimate of drug-likeness (QED) is 0.572. The molecule has 5 nitrogen and oxygen atoms in total.